The van der Waals surface area contributed by atoms with E-state index in [0.717, 1.165) is 31.1 Å². The van der Waals surface area contributed by atoms with E-state index in [9.17, 15) is 5.11 Å². The van der Waals surface area contributed by atoms with Gasteiger partial charge in [-0.15, -0.1) is 0 Å². The molecular formula is C16H20O. The fourth-order valence-corrected chi connectivity index (χ4v) is 2.42. The first kappa shape index (κ1) is 12.0. The Morgan fingerprint density at radius 3 is 2.41 bits per heavy atom. The van der Waals surface area contributed by atoms with Gasteiger partial charge in [-0.05, 0) is 41.5 Å². The van der Waals surface area contributed by atoms with Crippen LogP contribution in [0.25, 0.3) is 10.8 Å². The lowest BCUT2D eigenvalue weighted by atomic mass is 9.96. The van der Waals surface area contributed by atoms with Crippen molar-refractivity contribution in [2.45, 2.75) is 39.5 Å². The molecule has 0 bridgehead atoms. The molecule has 17 heavy (non-hydrogen) atoms. The Kier molecular flexibility index (Phi) is 3.68. The summed E-state index contributed by atoms with van der Waals surface area (Å²) in [4.78, 5) is 0. The van der Waals surface area contributed by atoms with Gasteiger partial charge in [-0.25, -0.2) is 0 Å². The highest BCUT2D eigenvalue weighted by atomic mass is 16.3. The molecule has 0 amide bonds. The van der Waals surface area contributed by atoms with E-state index in [1.54, 1.807) is 6.07 Å². The molecule has 0 aromatic heterocycles. The summed E-state index contributed by atoms with van der Waals surface area (Å²) >= 11 is 0. The molecule has 0 aliphatic heterocycles. The first-order valence-corrected chi connectivity index (χ1v) is 6.49. The third-order valence-electron chi connectivity index (χ3n) is 3.18. The van der Waals surface area contributed by atoms with E-state index in [1.807, 2.05) is 6.07 Å². The molecule has 0 atom stereocenters. The fourth-order valence-electron chi connectivity index (χ4n) is 2.42. The van der Waals surface area contributed by atoms with Crippen molar-refractivity contribution in [1.29, 1.82) is 0 Å². The predicted octanol–water partition coefficient (Wildman–Crippen LogP) is 4.45. The number of phenolic OH excluding ortho intramolecular Hbond substituents is 1. The molecule has 1 heteroatoms. The fraction of sp³-hybridized carbons (Fsp3) is 0.375. The molecule has 0 heterocycles. The standard InChI is InChI=1S/C16H20O/c1-3-6-12-10-13(7-4-2)14-8-5-9-16(17)15(14)11-12/h5,8-11,17H,3-4,6-7H2,1-2H3. The zero-order valence-corrected chi connectivity index (χ0v) is 10.7. The van der Waals surface area contributed by atoms with Crippen LogP contribution in [0.15, 0.2) is 30.3 Å². The summed E-state index contributed by atoms with van der Waals surface area (Å²) in [6.07, 6.45) is 4.45. The average molecular weight is 228 g/mol. The van der Waals surface area contributed by atoms with E-state index in [-0.39, 0.29) is 0 Å². The third-order valence-corrected chi connectivity index (χ3v) is 3.18. The Bertz CT molecular complexity index is 514. The number of phenols is 1. The monoisotopic (exact) mass is 228 g/mol. The second-order valence-electron chi connectivity index (χ2n) is 4.63. The zero-order chi connectivity index (χ0) is 12.3. The van der Waals surface area contributed by atoms with Crippen LogP contribution in [0.3, 0.4) is 0 Å². The minimum absolute atomic E-state index is 0.401. The van der Waals surface area contributed by atoms with Crippen molar-refractivity contribution in [1.82, 2.24) is 0 Å². The van der Waals surface area contributed by atoms with Crippen LogP contribution in [0.4, 0.5) is 0 Å². The smallest absolute Gasteiger partial charge is 0.123 e. The van der Waals surface area contributed by atoms with Crippen LogP contribution in [0.1, 0.15) is 37.8 Å². The maximum Gasteiger partial charge on any atom is 0.123 e. The Hall–Kier alpha value is -1.50. The summed E-state index contributed by atoms with van der Waals surface area (Å²) in [5.41, 5.74) is 2.70. The highest BCUT2D eigenvalue weighted by Gasteiger charge is 2.06. The van der Waals surface area contributed by atoms with E-state index in [4.69, 9.17) is 0 Å². The van der Waals surface area contributed by atoms with Gasteiger partial charge in [0.05, 0.1) is 0 Å². The first-order valence-electron chi connectivity index (χ1n) is 6.49. The summed E-state index contributed by atoms with van der Waals surface area (Å²) < 4.78 is 0. The summed E-state index contributed by atoms with van der Waals surface area (Å²) in [5, 5.41) is 12.2. The zero-order valence-electron chi connectivity index (χ0n) is 10.7. The highest BCUT2D eigenvalue weighted by Crippen LogP contribution is 2.29. The second kappa shape index (κ2) is 5.22. The van der Waals surface area contributed by atoms with Crippen molar-refractivity contribution >= 4 is 10.8 Å². The molecular weight excluding hydrogens is 208 g/mol. The van der Waals surface area contributed by atoms with Crippen LogP contribution in [-0.4, -0.2) is 5.11 Å². The Balaban J connectivity index is 2.63. The van der Waals surface area contributed by atoms with Gasteiger partial charge in [0.15, 0.2) is 0 Å². The number of aromatic hydroxyl groups is 1. The average Bonchev–Trinajstić information content (AvgIpc) is 2.31. The molecule has 1 nitrogen and oxygen atoms in total. The topological polar surface area (TPSA) is 20.2 Å². The molecule has 0 fully saturated rings. The SMILES string of the molecule is CCCc1cc(CCC)c2cccc(O)c2c1. The minimum atomic E-state index is 0.401. The highest BCUT2D eigenvalue weighted by molar-refractivity contribution is 5.91. The maximum atomic E-state index is 9.96. The van der Waals surface area contributed by atoms with E-state index in [2.05, 4.69) is 32.0 Å². The third kappa shape index (κ3) is 2.44. The van der Waals surface area contributed by atoms with E-state index in [0.29, 0.717) is 5.75 Å². The van der Waals surface area contributed by atoms with Crippen LogP contribution in [0.2, 0.25) is 0 Å². The maximum absolute atomic E-state index is 9.96. The van der Waals surface area contributed by atoms with Crippen molar-refractivity contribution in [2.75, 3.05) is 0 Å². The van der Waals surface area contributed by atoms with E-state index in [1.165, 1.54) is 16.5 Å². The first-order chi connectivity index (χ1) is 8.26. The van der Waals surface area contributed by atoms with Gasteiger partial charge < -0.3 is 5.11 Å². The number of hydrogen-bond donors (Lipinski definition) is 1. The van der Waals surface area contributed by atoms with E-state index < -0.39 is 0 Å². The van der Waals surface area contributed by atoms with Crippen LogP contribution >= 0.6 is 0 Å². The van der Waals surface area contributed by atoms with Crippen LogP contribution in [-0.2, 0) is 12.8 Å². The Morgan fingerprint density at radius 2 is 1.71 bits per heavy atom. The van der Waals surface area contributed by atoms with Crippen molar-refractivity contribution < 1.29 is 5.11 Å². The molecule has 0 saturated heterocycles. The largest absolute Gasteiger partial charge is 0.507 e. The molecule has 0 saturated carbocycles. The van der Waals surface area contributed by atoms with Gasteiger partial charge in [0.25, 0.3) is 0 Å². The van der Waals surface area contributed by atoms with Crippen LogP contribution in [0, 0.1) is 0 Å². The Labute approximate surface area is 103 Å². The normalized spacial score (nSPS) is 10.9. The van der Waals surface area contributed by atoms with Crippen LogP contribution < -0.4 is 0 Å². The predicted molar refractivity (Wildman–Crippen MR) is 73.6 cm³/mol. The molecule has 2 aromatic rings. The lowest BCUT2D eigenvalue weighted by Gasteiger charge is -2.10. The van der Waals surface area contributed by atoms with Gasteiger partial charge >= 0.3 is 0 Å². The summed E-state index contributed by atoms with van der Waals surface area (Å²) in [6, 6.07) is 10.2. The molecule has 0 unspecified atom stereocenters. The molecule has 0 aliphatic rings. The number of benzene rings is 2. The molecule has 2 rings (SSSR count). The number of aryl methyl sites for hydroxylation is 2. The molecule has 0 aliphatic carbocycles. The molecule has 1 N–H and O–H groups in total. The van der Waals surface area contributed by atoms with E-state index >= 15 is 0 Å². The molecule has 0 radical (unpaired) electrons. The van der Waals surface area contributed by atoms with Crippen molar-refractivity contribution in [2.24, 2.45) is 0 Å². The number of rotatable bonds is 4. The summed E-state index contributed by atoms with van der Waals surface area (Å²) in [7, 11) is 0. The molecule has 2 aromatic carbocycles. The van der Waals surface area contributed by atoms with Gasteiger partial charge in [0.2, 0.25) is 0 Å². The second-order valence-corrected chi connectivity index (χ2v) is 4.63. The lowest BCUT2D eigenvalue weighted by molar-refractivity contribution is 0.481. The van der Waals surface area contributed by atoms with Crippen LogP contribution in [0.5, 0.6) is 5.75 Å². The number of hydrogen-bond acceptors (Lipinski definition) is 1. The summed E-state index contributed by atoms with van der Waals surface area (Å²) in [6.45, 7) is 4.38. The lowest BCUT2D eigenvalue weighted by Crippen LogP contribution is -1.91. The number of fused-ring (bicyclic) bond motifs is 1. The van der Waals surface area contributed by atoms with Crippen molar-refractivity contribution in [3.8, 4) is 5.75 Å². The van der Waals surface area contributed by atoms with Gasteiger partial charge in [-0.3, -0.25) is 0 Å². The van der Waals surface area contributed by atoms with Gasteiger partial charge in [0.1, 0.15) is 5.75 Å². The summed E-state index contributed by atoms with van der Waals surface area (Å²) in [5.74, 6) is 0.401. The van der Waals surface area contributed by atoms with Gasteiger partial charge in [-0.2, -0.15) is 0 Å². The quantitative estimate of drug-likeness (QED) is 0.819. The minimum Gasteiger partial charge on any atom is -0.507 e. The molecule has 0 spiro atoms. The van der Waals surface area contributed by atoms with Gasteiger partial charge in [0, 0.05) is 5.39 Å². The van der Waals surface area contributed by atoms with Gasteiger partial charge in [-0.1, -0.05) is 44.9 Å². The Morgan fingerprint density at radius 1 is 0.941 bits per heavy atom. The van der Waals surface area contributed by atoms with Crippen molar-refractivity contribution in [3.05, 3.63) is 41.5 Å². The van der Waals surface area contributed by atoms with Crippen molar-refractivity contribution in [3.63, 3.8) is 0 Å². The molecule has 90 valence electrons.